The van der Waals surface area contributed by atoms with Gasteiger partial charge in [0, 0.05) is 9.35 Å². The standard InChI is InChI=1S/C13H8BrClF3NOS/c14-10-3-1-7(13(16,17)18)5-9(10)12(20)19-6-8-2-4-11(15)21-8/h1-5H,6H2,(H,19,20). The van der Waals surface area contributed by atoms with Crippen molar-refractivity contribution in [1.29, 1.82) is 0 Å². The molecule has 0 unspecified atom stereocenters. The van der Waals surface area contributed by atoms with Crippen LogP contribution >= 0.6 is 38.9 Å². The summed E-state index contributed by atoms with van der Waals surface area (Å²) < 4.78 is 38.9. The topological polar surface area (TPSA) is 29.1 Å². The first kappa shape index (κ1) is 16.3. The fraction of sp³-hybridized carbons (Fsp3) is 0.154. The van der Waals surface area contributed by atoms with E-state index in [9.17, 15) is 18.0 Å². The molecular weight excluding hydrogens is 391 g/mol. The van der Waals surface area contributed by atoms with Crippen LogP contribution in [-0.4, -0.2) is 5.91 Å². The Balaban J connectivity index is 2.15. The van der Waals surface area contributed by atoms with Crippen LogP contribution < -0.4 is 5.32 Å². The van der Waals surface area contributed by atoms with Gasteiger partial charge in [0.25, 0.3) is 5.91 Å². The minimum absolute atomic E-state index is 0.0625. The molecule has 0 fully saturated rings. The highest BCUT2D eigenvalue weighted by Crippen LogP contribution is 2.32. The fourth-order valence-electron chi connectivity index (χ4n) is 1.58. The number of benzene rings is 1. The van der Waals surface area contributed by atoms with Gasteiger partial charge in [-0.15, -0.1) is 11.3 Å². The molecular formula is C13H8BrClF3NOS. The van der Waals surface area contributed by atoms with Crippen LogP contribution in [0.25, 0.3) is 0 Å². The molecule has 0 saturated carbocycles. The van der Waals surface area contributed by atoms with Crippen molar-refractivity contribution >= 4 is 44.8 Å². The Hall–Kier alpha value is -1.05. The van der Waals surface area contributed by atoms with E-state index >= 15 is 0 Å². The largest absolute Gasteiger partial charge is 0.416 e. The number of carbonyl (C=O) groups is 1. The van der Waals surface area contributed by atoms with Crippen molar-refractivity contribution in [3.8, 4) is 0 Å². The number of halogens is 5. The third kappa shape index (κ3) is 4.21. The normalized spacial score (nSPS) is 11.5. The SMILES string of the molecule is O=C(NCc1ccc(Cl)s1)c1cc(C(F)(F)F)ccc1Br. The molecule has 1 aromatic carbocycles. The first-order valence-electron chi connectivity index (χ1n) is 5.66. The summed E-state index contributed by atoms with van der Waals surface area (Å²) >= 11 is 10.1. The average Bonchev–Trinajstić information content (AvgIpc) is 2.81. The van der Waals surface area contributed by atoms with Crippen molar-refractivity contribution < 1.29 is 18.0 Å². The molecule has 21 heavy (non-hydrogen) atoms. The van der Waals surface area contributed by atoms with E-state index in [1.807, 2.05) is 0 Å². The summed E-state index contributed by atoms with van der Waals surface area (Å²) in [6, 6.07) is 6.38. The summed E-state index contributed by atoms with van der Waals surface area (Å²) in [5.41, 5.74) is -0.928. The van der Waals surface area contributed by atoms with Crippen molar-refractivity contribution in [2.75, 3.05) is 0 Å². The number of thiophene rings is 1. The Morgan fingerprint density at radius 2 is 2.00 bits per heavy atom. The molecule has 1 amide bonds. The Morgan fingerprint density at radius 1 is 1.29 bits per heavy atom. The lowest BCUT2D eigenvalue weighted by atomic mass is 10.1. The molecule has 0 aliphatic rings. The van der Waals surface area contributed by atoms with Gasteiger partial charge in [0.15, 0.2) is 0 Å². The first-order valence-corrected chi connectivity index (χ1v) is 7.65. The molecule has 1 N–H and O–H groups in total. The number of carbonyl (C=O) groups excluding carboxylic acids is 1. The predicted octanol–water partition coefficient (Wildman–Crippen LogP) is 5.11. The number of rotatable bonds is 3. The molecule has 2 nitrogen and oxygen atoms in total. The molecule has 112 valence electrons. The molecule has 0 aliphatic carbocycles. The second-order valence-electron chi connectivity index (χ2n) is 4.08. The summed E-state index contributed by atoms with van der Waals surface area (Å²) in [7, 11) is 0. The number of alkyl halides is 3. The van der Waals surface area contributed by atoms with E-state index in [2.05, 4.69) is 21.2 Å². The van der Waals surface area contributed by atoms with Gasteiger partial charge in [-0.2, -0.15) is 13.2 Å². The van der Waals surface area contributed by atoms with Gasteiger partial charge in [-0.25, -0.2) is 0 Å². The Labute approximate surface area is 136 Å². The second-order valence-corrected chi connectivity index (χ2v) is 6.73. The van der Waals surface area contributed by atoms with E-state index in [-0.39, 0.29) is 12.1 Å². The zero-order chi connectivity index (χ0) is 15.6. The summed E-state index contributed by atoms with van der Waals surface area (Å²) in [5, 5.41) is 2.56. The van der Waals surface area contributed by atoms with Crippen LogP contribution in [0.1, 0.15) is 20.8 Å². The lowest BCUT2D eigenvalue weighted by molar-refractivity contribution is -0.137. The molecule has 0 bridgehead atoms. The number of hydrogen-bond acceptors (Lipinski definition) is 2. The molecule has 0 atom stereocenters. The second kappa shape index (κ2) is 6.37. The summed E-state index contributed by atoms with van der Waals surface area (Å²) in [6.45, 7) is 0.207. The molecule has 1 aromatic heterocycles. The molecule has 1 heterocycles. The van der Waals surface area contributed by atoms with E-state index in [4.69, 9.17) is 11.6 Å². The van der Waals surface area contributed by atoms with Crippen molar-refractivity contribution in [2.45, 2.75) is 12.7 Å². The van der Waals surface area contributed by atoms with Gasteiger partial charge in [0.2, 0.25) is 0 Å². The van der Waals surface area contributed by atoms with Gasteiger partial charge in [0.1, 0.15) is 0 Å². The van der Waals surface area contributed by atoms with Crippen LogP contribution in [-0.2, 0) is 12.7 Å². The lowest BCUT2D eigenvalue weighted by Crippen LogP contribution is -2.23. The minimum Gasteiger partial charge on any atom is -0.347 e. The van der Waals surface area contributed by atoms with E-state index in [0.717, 1.165) is 17.0 Å². The van der Waals surface area contributed by atoms with Crippen LogP contribution in [0.5, 0.6) is 0 Å². The third-order valence-corrected chi connectivity index (χ3v) is 4.51. The number of amides is 1. The van der Waals surface area contributed by atoms with Crippen LogP contribution in [0, 0.1) is 0 Å². The predicted molar refractivity (Wildman–Crippen MR) is 79.6 cm³/mol. The summed E-state index contributed by atoms with van der Waals surface area (Å²) in [5.74, 6) is -0.586. The highest BCUT2D eigenvalue weighted by atomic mass is 79.9. The van der Waals surface area contributed by atoms with E-state index < -0.39 is 17.6 Å². The van der Waals surface area contributed by atoms with Gasteiger partial charge in [-0.1, -0.05) is 11.6 Å². The zero-order valence-electron chi connectivity index (χ0n) is 10.3. The maximum Gasteiger partial charge on any atom is 0.416 e. The van der Waals surface area contributed by atoms with Crippen LogP contribution in [0.4, 0.5) is 13.2 Å². The molecule has 0 saturated heterocycles. The lowest BCUT2D eigenvalue weighted by Gasteiger charge is -2.10. The van der Waals surface area contributed by atoms with Crippen molar-refractivity contribution in [1.82, 2.24) is 5.32 Å². The molecule has 0 spiro atoms. The Morgan fingerprint density at radius 3 is 2.57 bits per heavy atom. The fourth-order valence-corrected chi connectivity index (χ4v) is 3.04. The van der Waals surface area contributed by atoms with Crippen molar-refractivity contribution in [3.05, 3.63) is 55.1 Å². The smallest absolute Gasteiger partial charge is 0.347 e. The zero-order valence-corrected chi connectivity index (χ0v) is 13.5. The molecule has 8 heteroatoms. The summed E-state index contributed by atoms with van der Waals surface area (Å²) in [6.07, 6.45) is -4.49. The number of nitrogens with one attached hydrogen (secondary N) is 1. The van der Waals surface area contributed by atoms with E-state index in [0.29, 0.717) is 8.81 Å². The summed E-state index contributed by atoms with van der Waals surface area (Å²) in [4.78, 5) is 12.8. The van der Waals surface area contributed by atoms with Gasteiger partial charge in [-0.3, -0.25) is 4.79 Å². The Bertz CT molecular complexity index is 672. The van der Waals surface area contributed by atoms with Crippen LogP contribution in [0.2, 0.25) is 4.34 Å². The molecule has 2 rings (SSSR count). The Kier molecular flexibility index (Phi) is 4.95. The van der Waals surface area contributed by atoms with Crippen molar-refractivity contribution in [2.24, 2.45) is 0 Å². The molecule has 0 aliphatic heterocycles. The van der Waals surface area contributed by atoms with Crippen LogP contribution in [0.15, 0.2) is 34.8 Å². The third-order valence-electron chi connectivity index (χ3n) is 2.59. The molecule has 0 radical (unpaired) electrons. The maximum absolute atomic E-state index is 12.7. The van der Waals surface area contributed by atoms with E-state index in [1.54, 1.807) is 12.1 Å². The maximum atomic E-state index is 12.7. The highest BCUT2D eigenvalue weighted by Gasteiger charge is 2.31. The van der Waals surface area contributed by atoms with Gasteiger partial charge in [-0.05, 0) is 46.3 Å². The number of hydrogen-bond donors (Lipinski definition) is 1. The quantitative estimate of drug-likeness (QED) is 0.764. The van der Waals surface area contributed by atoms with Gasteiger partial charge >= 0.3 is 6.18 Å². The average molecular weight is 399 g/mol. The molecule has 2 aromatic rings. The minimum atomic E-state index is -4.49. The monoisotopic (exact) mass is 397 g/mol. The highest BCUT2D eigenvalue weighted by molar-refractivity contribution is 9.10. The van der Waals surface area contributed by atoms with Gasteiger partial charge in [0.05, 0.1) is 22.0 Å². The van der Waals surface area contributed by atoms with Gasteiger partial charge < -0.3 is 5.32 Å². The van der Waals surface area contributed by atoms with Crippen LogP contribution in [0.3, 0.4) is 0 Å². The first-order chi connectivity index (χ1) is 9.77. The van der Waals surface area contributed by atoms with E-state index in [1.165, 1.54) is 17.4 Å². The van der Waals surface area contributed by atoms with Crippen molar-refractivity contribution in [3.63, 3.8) is 0 Å².